The molecule has 2 heterocycles. The maximum atomic E-state index is 12.9. The Kier molecular flexibility index (Phi) is 5.88. The Hall–Kier alpha value is -2.71. The first kappa shape index (κ1) is 19.1. The number of ether oxygens (including phenoxy) is 1. The summed E-state index contributed by atoms with van der Waals surface area (Å²) < 4.78 is 32.8. The lowest BCUT2D eigenvalue weighted by Gasteiger charge is -2.32. The summed E-state index contributed by atoms with van der Waals surface area (Å²) in [5, 5.41) is 2.77. The maximum Gasteiger partial charge on any atom is 0.243 e. The lowest BCUT2D eigenvalue weighted by Crippen LogP contribution is -2.49. The van der Waals surface area contributed by atoms with Gasteiger partial charge >= 0.3 is 0 Å². The fourth-order valence-electron chi connectivity index (χ4n) is 2.90. The van der Waals surface area contributed by atoms with Gasteiger partial charge < -0.3 is 10.1 Å². The molecule has 2 aromatic rings. The van der Waals surface area contributed by atoms with Crippen molar-refractivity contribution in [1.29, 1.82) is 0 Å². The highest BCUT2D eigenvalue weighted by molar-refractivity contribution is 7.89. The molecule has 0 radical (unpaired) electrons. The number of carbonyl (C=O) groups is 1. The summed E-state index contributed by atoms with van der Waals surface area (Å²) in [6.45, 7) is 4.09. The van der Waals surface area contributed by atoms with Crippen LogP contribution >= 0.6 is 0 Å². The van der Waals surface area contributed by atoms with Gasteiger partial charge in [0, 0.05) is 31.4 Å². The van der Waals surface area contributed by atoms with Crippen LogP contribution < -0.4 is 10.1 Å². The molecule has 0 aliphatic carbocycles. The standard InChI is InChI=1S/C19H21N3O4S/c1-2-18(23)21-15-6-5-13-22(14-15)27(24,25)17-10-8-16(9-11-17)26-19-7-3-4-12-20-19/h2-4,7-12,15H,1,5-6,13-14H2,(H,21,23)/t15-/m0/s1. The largest absolute Gasteiger partial charge is 0.439 e. The third-order valence-electron chi connectivity index (χ3n) is 4.24. The minimum atomic E-state index is -3.64. The van der Waals surface area contributed by atoms with Gasteiger partial charge in [0.15, 0.2) is 0 Å². The number of benzene rings is 1. The topological polar surface area (TPSA) is 88.6 Å². The number of hydrogen-bond acceptors (Lipinski definition) is 5. The number of rotatable bonds is 6. The van der Waals surface area contributed by atoms with Crippen molar-refractivity contribution in [3.63, 3.8) is 0 Å². The molecular weight excluding hydrogens is 366 g/mol. The molecule has 8 heteroatoms. The van der Waals surface area contributed by atoms with E-state index in [4.69, 9.17) is 4.74 Å². The number of pyridine rings is 1. The van der Waals surface area contributed by atoms with Gasteiger partial charge in [0.05, 0.1) is 4.90 Å². The van der Waals surface area contributed by atoms with Crippen LogP contribution in [0.3, 0.4) is 0 Å². The van der Waals surface area contributed by atoms with Crippen LogP contribution in [0.25, 0.3) is 0 Å². The Morgan fingerprint density at radius 3 is 2.70 bits per heavy atom. The number of hydrogen-bond donors (Lipinski definition) is 1. The van der Waals surface area contributed by atoms with Crippen molar-refractivity contribution in [2.45, 2.75) is 23.8 Å². The summed E-state index contributed by atoms with van der Waals surface area (Å²) in [7, 11) is -3.64. The highest BCUT2D eigenvalue weighted by atomic mass is 32.2. The van der Waals surface area contributed by atoms with Gasteiger partial charge in [0.25, 0.3) is 0 Å². The number of nitrogens with one attached hydrogen (secondary N) is 1. The predicted octanol–water partition coefficient (Wildman–Crippen LogP) is 2.33. The maximum absolute atomic E-state index is 12.9. The average molecular weight is 387 g/mol. The number of piperidine rings is 1. The van der Waals surface area contributed by atoms with E-state index >= 15 is 0 Å². The van der Waals surface area contributed by atoms with Crippen molar-refractivity contribution < 1.29 is 17.9 Å². The first-order valence-electron chi connectivity index (χ1n) is 8.61. The molecule has 1 fully saturated rings. The molecule has 27 heavy (non-hydrogen) atoms. The summed E-state index contributed by atoms with van der Waals surface area (Å²) in [5.41, 5.74) is 0. The van der Waals surface area contributed by atoms with Crippen LogP contribution in [-0.4, -0.2) is 42.7 Å². The second kappa shape index (κ2) is 8.32. The summed E-state index contributed by atoms with van der Waals surface area (Å²) in [5.74, 6) is 0.641. The van der Waals surface area contributed by atoms with Gasteiger partial charge in [-0.3, -0.25) is 4.79 Å². The monoisotopic (exact) mass is 387 g/mol. The molecular formula is C19H21N3O4S. The Morgan fingerprint density at radius 1 is 1.26 bits per heavy atom. The van der Waals surface area contributed by atoms with E-state index in [9.17, 15) is 13.2 Å². The van der Waals surface area contributed by atoms with Gasteiger partial charge in [-0.05, 0) is 49.2 Å². The second-order valence-electron chi connectivity index (χ2n) is 6.16. The Morgan fingerprint density at radius 2 is 2.04 bits per heavy atom. The Bertz CT molecular complexity index is 898. The number of nitrogens with zero attached hydrogens (tertiary/aromatic N) is 2. The molecule has 1 N–H and O–H groups in total. The quantitative estimate of drug-likeness (QED) is 0.769. The highest BCUT2D eigenvalue weighted by Gasteiger charge is 2.30. The molecule has 1 aliphatic heterocycles. The summed E-state index contributed by atoms with van der Waals surface area (Å²) in [6.07, 6.45) is 4.23. The molecule has 1 aliphatic rings. The first-order chi connectivity index (χ1) is 13.0. The smallest absolute Gasteiger partial charge is 0.243 e. The summed E-state index contributed by atoms with van der Waals surface area (Å²) >= 11 is 0. The van der Waals surface area contributed by atoms with Crippen LogP contribution in [0.1, 0.15) is 12.8 Å². The molecule has 0 bridgehead atoms. The number of sulfonamides is 1. The zero-order valence-corrected chi connectivity index (χ0v) is 15.6. The summed E-state index contributed by atoms with van der Waals surface area (Å²) in [4.78, 5) is 15.7. The van der Waals surface area contributed by atoms with Gasteiger partial charge in [0.2, 0.25) is 21.8 Å². The lowest BCUT2D eigenvalue weighted by atomic mass is 10.1. The van der Waals surface area contributed by atoms with Crippen LogP contribution in [0.15, 0.2) is 66.2 Å². The molecule has 0 unspecified atom stereocenters. The van der Waals surface area contributed by atoms with Gasteiger partial charge in [-0.25, -0.2) is 13.4 Å². The highest BCUT2D eigenvalue weighted by Crippen LogP contribution is 2.25. The van der Waals surface area contributed by atoms with Crippen molar-refractivity contribution in [3.8, 4) is 11.6 Å². The van der Waals surface area contributed by atoms with E-state index in [-0.39, 0.29) is 23.4 Å². The SMILES string of the molecule is C=CC(=O)N[C@H]1CCCN(S(=O)(=O)c2ccc(Oc3ccccn3)cc2)C1. The molecule has 0 saturated carbocycles. The molecule has 142 valence electrons. The third kappa shape index (κ3) is 4.72. The van der Waals surface area contributed by atoms with Crippen LogP contribution in [0.2, 0.25) is 0 Å². The molecule has 1 aromatic carbocycles. The third-order valence-corrected chi connectivity index (χ3v) is 6.12. The minimum Gasteiger partial charge on any atom is -0.439 e. The first-order valence-corrected chi connectivity index (χ1v) is 10.0. The van der Waals surface area contributed by atoms with E-state index in [0.29, 0.717) is 24.6 Å². The number of amides is 1. The zero-order chi connectivity index (χ0) is 19.3. The van der Waals surface area contributed by atoms with Gasteiger partial charge in [0.1, 0.15) is 5.75 Å². The van der Waals surface area contributed by atoms with E-state index in [1.807, 2.05) is 0 Å². The zero-order valence-electron chi connectivity index (χ0n) is 14.7. The Balaban J connectivity index is 1.70. The van der Waals surface area contributed by atoms with Crippen molar-refractivity contribution in [2.24, 2.45) is 0 Å². The van der Waals surface area contributed by atoms with Crippen molar-refractivity contribution in [3.05, 3.63) is 61.3 Å². The van der Waals surface area contributed by atoms with Crippen molar-refractivity contribution in [1.82, 2.24) is 14.6 Å². The normalized spacial score (nSPS) is 17.9. The van der Waals surface area contributed by atoms with Crippen LogP contribution in [0, 0.1) is 0 Å². The van der Waals surface area contributed by atoms with Crippen LogP contribution in [0.5, 0.6) is 11.6 Å². The van der Waals surface area contributed by atoms with Crippen molar-refractivity contribution in [2.75, 3.05) is 13.1 Å². The summed E-state index contributed by atoms with van der Waals surface area (Å²) in [6, 6.07) is 11.3. The fourth-order valence-corrected chi connectivity index (χ4v) is 4.42. The van der Waals surface area contributed by atoms with E-state index in [0.717, 1.165) is 6.42 Å². The molecule has 1 amide bonds. The lowest BCUT2D eigenvalue weighted by molar-refractivity contribution is -0.117. The molecule has 3 rings (SSSR count). The number of aromatic nitrogens is 1. The minimum absolute atomic E-state index is 0.187. The van der Waals surface area contributed by atoms with Gasteiger partial charge in [-0.15, -0.1) is 0 Å². The van der Waals surface area contributed by atoms with Crippen molar-refractivity contribution >= 4 is 15.9 Å². The molecule has 7 nitrogen and oxygen atoms in total. The van der Waals surface area contributed by atoms with E-state index in [1.165, 1.54) is 22.5 Å². The molecule has 0 spiro atoms. The van der Waals surface area contributed by atoms with E-state index < -0.39 is 10.0 Å². The van der Waals surface area contributed by atoms with Gasteiger partial charge in [-0.2, -0.15) is 4.31 Å². The average Bonchev–Trinajstić information content (AvgIpc) is 2.69. The number of carbonyl (C=O) groups excluding carboxylic acids is 1. The van der Waals surface area contributed by atoms with Crippen LogP contribution in [-0.2, 0) is 14.8 Å². The fraction of sp³-hybridized carbons (Fsp3) is 0.263. The molecule has 1 aromatic heterocycles. The van der Waals surface area contributed by atoms with Gasteiger partial charge in [-0.1, -0.05) is 12.6 Å². The molecule has 1 saturated heterocycles. The molecule has 1 atom stereocenters. The predicted molar refractivity (Wildman–Crippen MR) is 101 cm³/mol. The Labute approximate surface area is 158 Å². The van der Waals surface area contributed by atoms with E-state index in [1.54, 1.807) is 36.5 Å². The second-order valence-corrected chi connectivity index (χ2v) is 8.09. The van der Waals surface area contributed by atoms with Crippen LogP contribution in [0.4, 0.5) is 0 Å². The van der Waals surface area contributed by atoms with E-state index in [2.05, 4.69) is 16.9 Å².